The Balaban J connectivity index is 1.67. The molecule has 0 fully saturated rings. The van der Waals surface area contributed by atoms with E-state index < -0.39 is 16.8 Å². The largest absolute Gasteiger partial charge is 0.496 e. The molecule has 0 aliphatic rings. The number of nitro groups is 1. The number of rotatable bonds is 6. The number of hydrogen-bond donors (Lipinski definition) is 0. The Labute approximate surface area is 140 Å². The van der Waals surface area contributed by atoms with Crippen molar-refractivity contribution < 1.29 is 28.1 Å². The molecule has 0 saturated carbocycles. The van der Waals surface area contributed by atoms with Gasteiger partial charge in [0.25, 0.3) is 5.89 Å². The Morgan fingerprint density at radius 2 is 2.08 bits per heavy atom. The molecule has 25 heavy (non-hydrogen) atoms. The van der Waals surface area contributed by atoms with E-state index in [-0.39, 0.29) is 24.1 Å². The van der Waals surface area contributed by atoms with Crippen molar-refractivity contribution >= 4 is 11.9 Å². The summed E-state index contributed by atoms with van der Waals surface area (Å²) in [6, 6.07) is 9.29. The average molecular weight is 345 g/mol. The van der Waals surface area contributed by atoms with Crippen LogP contribution in [0.2, 0.25) is 0 Å². The van der Waals surface area contributed by atoms with Crippen LogP contribution >= 0.6 is 0 Å². The summed E-state index contributed by atoms with van der Waals surface area (Å²) in [5.74, 6) is -0.841. The summed E-state index contributed by atoms with van der Waals surface area (Å²) in [6.07, 6.45) is 0. The summed E-state index contributed by atoms with van der Waals surface area (Å²) in [7, 11) is 1.52. The highest BCUT2D eigenvalue weighted by atomic mass is 16.7. The van der Waals surface area contributed by atoms with Gasteiger partial charge in [-0.1, -0.05) is 17.3 Å². The topological polar surface area (TPSA) is 131 Å². The van der Waals surface area contributed by atoms with Crippen LogP contribution in [0.5, 0.6) is 5.75 Å². The highest BCUT2D eigenvalue weighted by Crippen LogP contribution is 2.27. The van der Waals surface area contributed by atoms with Crippen LogP contribution < -0.4 is 4.74 Å². The van der Waals surface area contributed by atoms with Gasteiger partial charge < -0.3 is 18.4 Å². The molecule has 10 nitrogen and oxygen atoms in total. The molecule has 0 aliphatic heterocycles. The summed E-state index contributed by atoms with van der Waals surface area (Å²) in [5, 5.41) is 14.3. The first kappa shape index (κ1) is 16.2. The highest BCUT2D eigenvalue weighted by molar-refractivity contribution is 5.86. The molecule has 0 atom stereocenters. The number of aromatic nitrogens is 2. The number of furan rings is 1. The van der Waals surface area contributed by atoms with Crippen molar-refractivity contribution in [2.24, 2.45) is 0 Å². The number of benzene rings is 1. The van der Waals surface area contributed by atoms with Gasteiger partial charge in [0, 0.05) is 0 Å². The van der Waals surface area contributed by atoms with E-state index in [0.29, 0.717) is 11.3 Å². The van der Waals surface area contributed by atoms with Crippen molar-refractivity contribution in [1.29, 1.82) is 0 Å². The van der Waals surface area contributed by atoms with E-state index in [0.717, 1.165) is 12.1 Å². The molecule has 0 bridgehead atoms. The summed E-state index contributed by atoms with van der Waals surface area (Å²) in [5.41, 5.74) is 0.619. The first-order chi connectivity index (χ1) is 12.1. The van der Waals surface area contributed by atoms with Crippen LogP contribution in [0.15, 0.2) is 45.3 Å². The van der Waals surface area contributed by atoms with Crippen LogP contribution in [0.25, 0.3) is 11.4 Å². The third-order valence-corrected chi connectivity index (χ3v) is 3.12. The van der Waals surface area contributed by atoms with Crippen LogP contribution in [0.3, 0.4) is 0 Å². The second kappa shape index (κ2) is 6.83. The fourth-order valence-corrected chi connectivity index (χ4v) is 1.99. The molecule has 0 N–H and O–H groups in total. The van der Waals surface area contributed by atoms with E-state index in [9.17, 15) is 14.9 Å². The second-order valence-electron chi connectivity index (χ2n) is 4.68. The van der Waals surface area contributed by atoms with Gasteiger partial charge in [0.2, 0.25) is 11.6 Å². The zero-order valence-electron chi connectivity index (χ0n) is 12.9. The maximum absolute atomic E-state index is 11.8. The lowest BCUT2D eigenvalue weighted by Gasteiger charge is -2.03. The van der Waals surface area contributed by atoms with Crippen molar-refractivity contribution in [3.8, 4) is 17.1 Å². The monoisotopic (exact) mass is 345 g/mol. The predicted molar refractivity (Wildman–Crippen MR) is 80.8 cm³/mol. The van der Waals surface area contributed by atoms with Gasteiger partial charge >= 0.3 is 11.9 Å². The van der Waals surface area contributed by atoms with E-state index in [1.54, 1.807) is 24.3 Å². The normalized spacial score (nSPS) is 10.4. The number of carbonyl (C=O) groups excluding carboxylic acids is 1. The van der Waals surface area contributed by atoms with Gasteiger partial charge in [0.15, 0.2) is 6.61 Å². The van der Waals surface area contributed by atoms with Crippen LogP contribution in [-0.4, -0.2) is 28.1 Å². The lowest BCUT2D eigenvalue weighted by Crippen LogP contribution is -2.04. The van der Waals surface area contributed by atoms with Gasteiger partial charge in [-0.2, -0.15) is 4.98 Å². The molecule has 1 aromatic carbocycles. The molecular formula is C15H11N3O7. The fourth-order valence-electron chi connectivity index (χ4n) is 1.99. The van der Waals surface area contributed by atoms with Crippen molar-refractivity contribution in [3.05, 3.63) is 58.2 Å². The molecule has 10 heteroatoms. The molecule has 0 spiro atoms. The third kappa shape index (κ3) is 3.47. The van der Waals surface area contributed by atoms with Gasteiger partial charge in [0.1, 0.15) is 10.7 Å². The molecule has 0 aliphatic carbocycles. The highest BCUT2D eigenvalue weighted by Gasteiger charge is 2.20. The van der Waals surface area contributed by atoms with E-state index in [1.807, 2.05) is 0 Å². The quantitative estimate of drug-likeness (QED) is 0.375. The van der Waals surface area contributed by atoms with Crippen molar-refractivity contribution in [2.45, 2.75) is 6.61 Å². The van der Waals surface area contributed by atoms with Crippen molar-refractivity contribution in [2.75, 3.05) is 7.11 Å². The Morgan fingerprint density at radius 1 is 1.28 bits per heavy atom. The van der Waals surface area contributed by atoms with Gasteiger partial charge in [-0.15, -0.1) is 0 Å². The smallest absolute Gasteiger partial charge is 0.433 e. The third-order valence-electron chi connectivity index (χ3n) is 3.12. The minimum atomic E-state index is -0.884. The Bertz CT molecular complexity index is 915. The molecule has 128 valence electrons. The average Bonchev–Trinajstić information content (AvgIpc) is 3.29. The first-order valence-electron chi connectivity index (χ1n) is 6.96. The zero-order chi connectivity index (χ0) is 17.8. The Hall–Kier alpha value is -3.69. The van der Waals surface area contributed by atoms with Crippen LogP contribution in [0.4, 0.5) is 5.88 Å². The van der Waals surface area contributed by atoms with E-state index in [1.165, 1.54) is 7.11 Å². The van der Waals surface area contributed by atoms with Gasteiger partial charge in [-0.25, -0.2) is 4.79 Å². The maximum atomic E-state index is 11.8. The van der Waals surface area contributed by atoms with Gasteiger partial charge in [-0.3, -0.25) is 10.1 Å². The Kier molecular flexibility index (Phi) is 4.42. The predicted octanol–water partition coefficient (Wildman–Crippen LogP) is 2.60. The van der Waals surface area contributed by atoms with E-state index in [4.69, 9.17) is 18.4 Å². The standard InChI is InChI=1S/C15H11N3O7/c1-22-10-5-3-2-4-9(10)14-16-12(25-17-14)8-23-15(19)11-6-7-13(24-11)18(20)21/h2-7H,8H2,1H3. The van der Waals surface area contributed by atoms with E-state index in [2.05, 4.69) is 10.1 Å². The van der Waals surface area contributed by atoms with Gasteiger partial charge in [-0.05, 0) is 18.2 Å². The van der Waals surface area contributed by atoms with Crippen LogP contribution in [0, 0.1) is 10.1 Å². The lowest BCUT2D eigenvalue weighted by atomic mass is 10.2. The molecule has 2 heterocycles. The number of nitrogens with zero attached hydrogens (tertiary/aromatic N) is 3. The number of para-hydroxylation sites is 1. The molecule has 0 amide bonds. The summed E-state index contributed by atoms with van der Waals surface area (Å²) >= 11 is 0. The number of carbonyl (C=O) groups is 1. The molecule has 2 aromatic heterocycles. The fraction of sp³-hybridized carbons (Fsp3) is 0.133. The summed E-state index contributed by atoms with van der Waals surface area (Å²) < 4.78 is 19.9. The molecular weight excluding hydrogens is 334 g/mol. The maximum Gasteiger partial charge on any atom is 0.433 e. The minimum Gasteiger partial charge on any atom is -0.496 e. The zero-order valence-corrected chi connectivity index (χ0v) is 12.9. The molecule has 3 aromatic rings. The van der Waals surface area contributed by atoms with Crippen LogP contribution in [-0.2, 0) is 11.3 Å². The van der Waals surface area contributed by atoms with Gasteiger partial charge in [0.05, 0.1) is 18.7 Å². The number of hydrogen-bond acceptors (Lipinski definition) is 9. The van der Waals surface area contributed by atoms with Crippen molar-refractivity contribution in [1.82, 2.24) is 10.1 Å². The Morgan fingerprint density at radius 3 is 2.80 bits per heavy atom. The summed E-state index contributed by atoms with van der Waals surface area (Å²) in [4.78, 5) is 25.7. The number of ether oxygens (including phenoxy) is 2. The molecule has 3 rings (SSSR count). The minimum absolute atomic E-state index is 0.0512. The first-order valence-corrected chi connectivity index (χ1v) is 6.96. The van der Waals surface area contributed by atoms with Crippen molar-refractivity contribution in [3.63, 3.8) is 0 Å². The summed E-state index contributed by atoms with van der Waals surface area (Å²) in [6.45, 7) is -0.310. The molecule has 0 unspecified atom stereocenters. The number of methoxy groups -OCH3 is 1. The lowest BCUT2D eigenvalue weighted by molar-refractivity contribution is -0.402. The number of esters is 1. The van der Waals surface area contributed by atoms with E-state index >= 15 is 0 Å². The molecule has 0 radical (unpaired) electrons. The second-order valence-corrected chi connectivity index (χ2v) is 4.68. The SMILES string of the molecule is COc1ccccc1-c1noc(COC(=O)c2ccc([N+](=O)[O-])o2)n1. The van der Waals surface area contributed by atoms with Crippen LogP contribution in [0.1, 0.15) is 16.4 Å². The molecule has 0 saturated heterocycles.